The summed E-state index contributed by atoms with van der Waals surface area (Å²) in [5, 5.41) is 0. The maximum Gasteiger partial charge on any atom is 0.130 e. The van der Waals surface area contributed by atoms with Gasteiger partial charge in [0.15, 0.2) is 0 Å². The summed E-state index contributed by atoms with van der Waals surface area (Å²) >= 11 is 0. The van der Waals surface area contributed by atoms with Crippen LogP contribution in [0.4, 0.5) is 5.69 Å². The lowest BCUT2D eigenvalue weighted by Crippen LogP contribution is -2.31. The molecule has 0 saturated heterocycles. The molecular weight excluding hydrogens is 290 g/mol. The average molecular weight is 319 g/mol. The van der Waals surface area contributed by atoms with Gasteiger partial charge in [-0.05, 0) is 26.7 Å². The maximum atomic E-state index is 3.87. The van der Waals surface area contributed by atoms with Gasteiger partial charge in [-0.15, -0.1) is 0 Å². The Morgan fingerprint density at radius 1 is 0.875 bits per heavy atom. The summed E-state index contributed by atoms with van der Waals surface area (Å²) in [6.07, 6.45) is 7.06. The summed E-state index contributed by atoms with van der Waals surface area (Å²) in [7, 11) is 0. The van der Waals surface area contributed by atoms with Gasteiger partial charge in [-0.3, -0.25) is 0 Å². The molecule has 1 heteroatoms. The van der Waals surface area contributed by atoms with Crippen LogP contribution in [-0.2, 0) is 18.3 Å². The molecule has 0 N–H and O–H groups in total. The second kappa shape index (κ2) is 6.20. The Hall–Kier alpha value is -1.89. The minimum absolute atomic E-state index is 0.0450. The number of rotatable bonds is 4. The van der Waals surface area contributed by atoms with Crippen LogP contribution in [-0.4, -0.2) is 16.3 Å². The van der Waals surface area contributed by atoms with E-state index in [2.05, 4.69) is 93.9 Å². The van der Waals surface area contributed by atoms with Gasteiger partial charge in [0.1, 0.15) is 5.54 Å². The lowest BCUT2D eigenvalue weighted by atomic mass is 9.77. The fourth-order valence-electron chi connectivity index (χ4n) is 4.22. The molecule has 3 rings (SSSR count). The Kier molecular flexibility index (Phi) is 4.38. The Morgan fingerprint density at radius 3 is 2.00 bits per heavy atom. The molecule has 1 atom stereocenters. The standard InChI is InChI=1S/C23H29N/c1-6-18-12-11-13-19(7-2)21(18)24-17-23(5,16-22(24,3)4)20-14-9-8-10-15-20/h8-15H,6-7,16H2,1-5H3/t23-/m1/s1. The summed E-state index contributed by atoms with van der Waals surface area (Å²) in [5.74, 6) is 0. The van der Waals surface area contributed by atoms with Crippen LogP contribution in [0.3, 0.4) is 0 Å². The number of para-hydroxylation sites is 1. The van der Waals surface area contributed by atoms with Gasteiger partial charge in [0.25, 0.3) is 0 Å². The summed E-state index contributed by atoms with van der Waals surface area (Å²) in [5.41, 5.74) is 5.59. The molecule has 0 amide bonds. The summed E-state index contributed by atoms with van der Waals surface area (Å²) in [4.78, 5) is 0. The fraction of sp³-hybridized carbons (Fsp3) is 0.435. The van der Waals surface area contributed by atoms with Crippen LogP contribution in [0.2, 0.25) is 0 Å². The normalized spacial score (nSPS) is 22.5. The third-order valence-corrected chi connectivity index (χ3v) is 5.35. The number of benzene rings is 2. The number of nitrogens with zero attached hydrogens (tertiary/aromatic N) is 1. The van der Waals surface area contributed by atoms with Crippen LogP contribution in [0.15, 0.2) is 48.5 Å². The molecular formula is C23H29N. The van der Waals surface area contributed by atoms with Crippen molar-refractivity contribution < 1.29 is 4.58 Å². The highest BCUT2D eigenvalue weighted by molar-refractivity contribution is 5.73. The number of aryl methyl sites for hydroxylation is 2. The van der Waals surface area contributed by atoms with Gasteiger partial charge < -0.3 is 4.58 Å². The molecule has 0 aromatic heterocycles. The van der Waals surface area contributed by atoms with E-state index in [4.69, 9.17) is 0 Å². The Balaban J connectivity index is 2.19. The number of hydrogen-bond acceptors (Lipinski definition) is 0. The maximum absolute atomic E-state index is 3.87. The number of hydrogen-bond donors (Lipinski definition) is 0. The van der Waals surface area contributed by atoms with E-state index in [1.807, 2.05) is 0 Å². The van der Waals surface area contributed by atoms with Gasteiger partial charge in [-0.25, -0.2) is 0 Å². The molecule has 0 aliphatic carbocycles. The van der Waals surface area contributed by atoms with Gasteiger partial charge in [0.2, 0.25) is 0 Å². The van der Waals surface area contributed by atoms with Crippen LogP contribution in [0.5, 0.6) is 0 Å². The van der Waals surface area contributed by atoms with Crippen LogP contribution in [0.25, 0.3) is 0 Å². The van der Waals surface area contributed by atoms with E-state index < -0.39 is 0 Å². The molecule has 0 saturated carbocycles. The van der Waals surface area contributed by atoms with Crippen LogP contribution < -0.4 is 0 Å². The molecule has 1 aliphatic rings. The molecule has 0 spiro atoms. The summed E-state index contributed by atoms with van der Waals surface area (Å²) in [6, 6.07) is 17.6. The van der Waals surface area contributed by atoms with Crippen molar-refractivity contribution in [3.63, 3.8) is 0 Å². The monoisotopic (exact) mass is 319 g/mol. The van der Waals surface area contributed by atoms with Crippen molar-refractivity contribution in [1.29, 1.82) is 0 Å². The molecule has 24 heavy (non-hydrogen) atoms. The fourth-order valence-corrected chi connectivity index (χ4v) is 4.22. The lowest BCUT2D eigenvalue weighted by Gasteiger charge is -2.29. The Bertz CT molecular complexity index is 733. The molecule has 0 fully saturated rings. The summed E-state index contributed by atoms with van der Waals surface area (Å²) in [6.45, 7) is 11.5. The second-order valence-corrected chi connectivity index (χ2v) is 7.77. The van der Waals surface area contributed by atoms with Gasteiger partial charge in [0.05, 0.1) is 5.69 Å². The minimum Gasteiger partial charge on any atom is -0.358 e. The van der Waals surface area contributed by atoms with Crippen molar-refractivity contribution in [3.05, 3.63) is 65.2 Å². The highest BCUT2D eigenvalue weighted by atomic mass is 15.1. The van der Waals surface area contributed by atoms with E-state index in [9.17, 15) is 0 Å². The molecule has 0 unspecified atom stereocenters. The first-order chi connectivity index (χ1) is 11.4. The first-order valence-corrected chi connectivity index (χ1v) is 9.15. The Morgan fingerprint density at radius 2 is 1.46 bits per heavy atom. The van der Waals surface area contributed by atoms with Crippen molar-refractivity contribution in [2.45, 2.75) is 64.8 Å². The minimum atomic E-state index is -0.0450. The van der Waals surface area contributed by atoms with Crippen molar-refractivity contribution in [2.24, 2.45) is 0 Å². The van der Waals surface area contributed by atoms with Crippen molar-refractivity contribution in [1.82, 2.24) is 0 Å². The lowest BCUT2D eigenvalue weighted by molar-refractivity contribution is -0.512. The summed E-state index contributed by atoms with van der Waals surface area (Å²) < 4.78 is 2.44. The third-order valence-electron chi connectivity index (χ3n) is 5.35. The van der Waals surface area contributed by atoms with E-state index in [1.165, 1.54) is 22.4 Å². The van der Waals surface area contributed by atoms with E-state index in [1.54, 1.807) is 0 Å². The van der Waals surface area contributed by atoms with Crippen molar-refractivity contribution in [2.75, 3.05) is 0 Å². The van der Waals surface area contributed by atoms with Gasteiger partial charge >= 0.3 is 0 Å². The van der Waals surface area contributed by atoms with E-state index in [0.717, 1.165) is 19.3 Å². The predicted octanol–water partition coefficient (Wildman–Crippen LogP) is 5.54. The van der Waals surface area contributed by atoms with Crippen molar-refractivity contribution in [3.8, 4) is 0 Å². The molecule has 1 heterocycles. The first kappa shape index (κ1) is 17.0. The molecule has 0 radical (unpaired) electrons. The molecule has 2 aromatic rings. The highest BCUT2D eigenvalue weighted by Gasteiger charge is 2.43. The second-order valence-electron chi connectivity index (χ2n) is 7.77. The average Bonchev–Trinajstić information content (AvgIpc) is 2.84. The van der Waals surface area contributed by atoms with E-state index >= 15 is 0 Å². The molecule has 0 bridgehead atoms. The zero-order valence-corrected chi connectivity index (χ0v) is 15.7. The van der Waals surface area contributed by atoms with Crippen LogP contribution in [0, 0.1) is 0 Å². The predicted molar refractivity (Wildman–Crippen MR) is 103 cm³/mol. The topological polar surface area (TPSA) is 3.01 Å². The third kappa shape index (κ3) is 2.81. The van der Waals surface area contributed by atoms with Gasteiger partial charge in [-0.1, -0.05) is 86.0 Å². The quantitative estimate of drug-likeness (QED) is 0.514. The molecule has 126 valence electrons. The largest absolute Gasteiger partial charge is 0.358 e. The van der Waals surface area contributed by atoms with Crippen LogP contribution >= 0.6 is 0 Å². The Labute approximate surface area is 147 Å². The molecule has 1 aliphatic heterocycles. The zero-order valence-electron chi connectivity index (χ0n) is 15.7. The van der Waals surface area contributed by atoms with Crippen LogP contribution in [0.1, 0.15) is 57.7 Å². The zero-order chi connectivity index (χ0) is 17.4. The molecule has 2 aromatic carbocycles. The van der Waals surface area contributed by atoms with E-state index in [0.29, 0.717) is 0 Å². The highest BCUT2D eigenvalue weighted by Crippen LogP contribution is 2.43. The first-order valence-electron chi connectivity index (χ1n) is 9.15. The SMILES string of the molecule is CCc1cccc(CC)c1[N+]1=[C-][C@](C)(c2ccccc2)CC1(C)C. The smallest absolute Gasteiger partial charge is 0.130 e. The van der Waals surface area contributed by atoms with E-state index in [-0.39, 0.29) is 11.0 Å². The van der Waals surface area contributed by atoms with Gasteiger partial charge in [0, 0.05) is 18.1 Å². The van der Waals surface area contributed by atoms with Gasteiger partial charge in [-0.2, -0.15) is 0 Å². The molecule has 1 nitrogen and oxygen atoms in total. The van der Waals surface area contributed by atoms with Crippen molar-refractivity contribution >= 4 is 11.9 Å².